The Kier molecular flexibility index (Phi) is 3.33. The first-order chi connectivity index (χ1) is 7.20. The molecular formula is C15H24. The molecule has 2 rings (SSSR count). The van der Waals surface area contributed by atoms with Crippen LogP contribution < -0.4 is 0 Å². The standard InChI is InChI=1S/C15H24/c1-4-5-6-13-9-14-7-11(2)12(3)8-15(14)10-13/h9,11-12H,4-8,10H2,1-3H3. The third-order valence-electron chi connectivity index (χ3n) is 4.21. The molecule has 0 N–H and O–H groups in total. The van der Waals surface area contributed by atoms with Crippen LogP contribution in [0.15, 0.2) is 22.8 Å². The summed E-state index contributed by atoms with van der Waals surface area (Å²) in [6.07, 6.45) is 10.6. The van der Waals surface area contributed by atoms with Gasteiger partial charge in [0.2, 0.25) is 0 Å². The second kappa shape index (κ2) is 4.55. The molecule has 2 aliphatic carbocycles. The topological polar surface area (TPSA) is 0 Å². The van der Waals surface area contributed by atoms with Gasteiger partial charge in [0.15, 0.2) is 0 Å². The summed E-state index contributed by atoms with van der Waals surface area (Å²) >= 11 is 0. The minimum Gasteiger partial charge on any atom is -0.0659 e. The maximum Gasteiger partial charge on any atom is -0.00993 e. The van der Waals surface area contributed by atoms with E-state index in [1.165, 1.54) is 38.5 Å². The lowest BCUT2D eigenvalue weighted by atomic mass is 9.78. The Morgan fingerprint density at radius 3 is 2.67 bits per heavy atom. The average molecular weight is 204 g/mol. The van der Waals surface area contributed by atoms with E-state index in [-0.39, 0.29) is 0 Å². The van der Waals surface area contributed by atoms with E-state index in [0.717, 1.165) is 11.8 Å². The van der Waals surface area contributed by atoms with Crippen molar-refractivity contribution in [3.05, 3.63) is 22.8 Å². The van der Waals surface area contributed by atoms with Gasteiger partial charge in [0.25, 0.3) is 0 Å². The Bertz CT molecular complexity index is 293. The number of rotatable bonds is 3. The quantitative estimate of drug-likeness (QED) is 0.615. The van der Waals surface area contributed by atoms with Crippen LogP contribution in [0.5, 0.6) is 0 Å². The fraction of sp³-hybridized carbons (Fsp3) is 0.733. The molecule has 0 saturated carbocycles. The van der Waals surface area contributed by atoms with Crippen LogP contribution in [-0.2, 0) is 0 Å². The summed E-state index contributed by atoms with van der Waals surface area (Å²) in [6, 6.07) is 0. The van der Waals surface area contributed by atoms with Crippen molar-refractivity contribution in [1.29, 1.82) is 0 Å². The smallest absolute Gasteiger partial charge is 0.00993 e. The van der Waals surface area contributed by atoms with E-state index >= 15 is 0 Å². The summed E-state index contributed by atoms with van der Waals surface area (Å²) in [5, 5.41) is 0. The lowest BCUT2D eigenvalue weighted by Gasteiger charge is -2.27. The SMILES string of the molecule is CCCCC1=CC2=C(C1)CC(C)C(C)C2. The molecule has 2 unspecified atom stereocenters. The van der Waals surface area contributed by atoms with Gasteiger partial charge in [0.1, 0.15) is 0 Å². The predicted molar refractivity (Wildman–Crippen MR) is 66.8 cm³/mol. The van der Waals surface area contributed by atoms with Gasteiger partial charge in [0.05, 0.1) is 0 Å². The van der Waals surface area contributed by atoms with E-state index in [9.17, 15) is 0 Å². The number of hydrogen-bond donors (Lipinski definition) is 0. The van der Waals surface area contributed by atoms with Crippen molar-refractivity contribution in [2.24, 2.45) is 11.8 Å². The van der Waals surface area contributed by atoms with Crippen LogP contribution in [0.3, 0.4) is 0 Å². The molecule has 0 nitrogen and oxygen atoms in total. The van der Waals surface area contributed by atoms with Crippen molar-refractivity contribution in [3.63, 3.8) is 0 Å². The summed E-state index contributed by atoms with van der Waals surface area (Å²) in [6.45, 7) is 7.11. The molecule has 0 aliphatic heterocycles. The molecule has 84 valence electrons. The van der Waals surface area contributed by atoms with Crippen molar-refractivity contribution < 1.29 is 0 Å². The third-order valence-corrected chi connectivity index (χ3v) is 4.21. The van der Waals surface area contributed by atoms with Gasteiger partial charge >= 0.3 is 0 Å². The molecule has 0 fully saturated rings. The number of allylic oxidation sites excluding steroid dienone is 4. The van der Waals surface area contributed by atoms with E-state index < -0.39 is 0 Å². The Morgan fingerprint density at radius 1 is 1.20 bits per heavy atom. The van der Waals surface area contributed by atoms with Crippen LogP contribution in [0.25, 0.3) is 0 Å². The first-order valence-corrected chi connectivity index (χ1v) is 6.61. The van der Waals surface area contributed by atoms with Gasteiger partial charge in [-0.05, 0) is 49.5 Å². The van der Waals surface area contributed by atoms with Crippen LogP contribution in [-0.4, -0.2) is 0 Å². The van der Waals surface area contributed by atoms with Crippen LogP contribution >= 0.6 is 0 Å². The second-order valence-corrected chi connectivity index (χ2v) is 5.57. The molecule has 0 aromatic carbocycles. The van der Waals surface area contributed by atoms with Crippen LogP contribution in [0.1, 0.15) is 59.3 Å². The molecule has 0 spiro atoms. The van der Waals surface area contributed by atoms with Crippen LogP contribution in [0.2, 0.25) is 0 Å². The fourth-order valence-electron chi connectivity index (χ4n) is 2.90. The molecule has 15 heavy (non-hydrogen) atoms. The normalized spacial score (nSPS) is 30.5. The minimum absolute atomic E-state index is 0.894. The lowest BCUT2D eigenvalue weighted by Crippen LogP contribution is -2.14. The summed E-state index contributed by atoms with van der Waals surface area (Å²) in [5.74, 6) is 1.80. The van der Waals surface area contributed by atoms with Gasteiger partial charge in [-0.25, -0.2) is 0 Å². The summed E-state index contributed by atoms with van der Waals surface area (Å²) in [5.41, 5.74) is 5.18. The van der Waals surface area contributed by atoms with Crippen molar-refractivity contribution in [2.45, 2.75) is 59.3 Å². The first kappa shape index (κ1) is 11.0. The molecule has 0 radical (unpaired) electrons. The van der Waals surface area contributed by atoms with E-state index in [0.29, 0.717) is 0 Å². The molecule has 2 aliphatic rings. The van der Waals surface area contributed by atoms with Crippen molar-refractivity contribution in [2.75, 3.05) is 0 Å². The van der Waals surface area contributed by atoms with Gasteiger partial charge in [-0.15, -0.1) is 0 Å². The molecule has 0 bridgehead atoms. The second-order valence-electron chi connectivity index (χ2n) is 5.57. The predicted octanol–water partition coefficient (Wildman–Crippen LogP) is 4.87. The Labute approximate surface area is 94.5 Å². The minimum atomic E-state index is 0.894. The number of hydrogen-bond acceptors (Lipinski definition) is 0. The lowest BCUT2D eigenvalue weighted by molar-refractivity contribution is 0.362. The monoisotopic (exact) mass is 204 g/mol. The Morgan fingerprint density at radius 2 is 1.93 bits per heavy atom. The van der Waals surface area contributed by atoms with Crippen molar-refractivity contribution in [1.82, 2.24) is 0 Å². The summed E-state index contributed by atoms with van der Waals surface area (Å²) in [7, 11) is 0. The Balaban J connectivity index is 1.98. The van der Waals surface area contributed by atoms with Crippen molar-refractivity contribution >= 4 is 0 Å². The van der Waals surface area contributed by atoms with Gasteiger partial charge < -0.3 is 0 Å². The fourth-order valence-corrected chi connectivity index (χ4v) is 2.90. The zero-order valence-corrected chi connectivity index (χ0v) is 10.5. The van der Waals surface area contributed by atoms with Gasteiger partial charge in [-0.3, -0.25) is 0 Å². The third kappa shape index (κ3) is 2.35. The summed E-state index contributed by atoms with van der Waals surface area (Å²) in [4.78, 5) is 0. The molecule has 0 aromatic heterocycles. The Hall–Kier alpha value is -0.520. The highest BCUT2D eigenvalue weighted by atomic mass is 14.3. The first-order valence-electron chi connectivity index (χ1n) is 6.61. The molecule has 2 atom stereocenters. The molecule has 0 saturated heterocycles. The van der Waals surface area contributed by atoms with E-state index in [4.69, 9.17) is 0 Å². The van der Waals surface area contributed by atoms with Crippen LogP contribution in [0.4, 0.5) is 0 Å². The summed E-state index contributed by atoms with van der Waals surface area (Å²) < 4.78 is 0. The largest absolute Gasteiger partial charge is 0.0659 e. The maximum atomic E-state index is 2.52. The van der Waals surface area contributed by atoms with Gasteiger partial charge in [-0.1, -0.05) is 44.4 Å². The van der Waals surface area contributed by atoms with E-state index in [2.05, 4.69) is 26.8 Å². The average Bonchev–Trinajstić information content (AvgIpc) is 2.58. The van der Waals surface area contributed by atoms with Crippen molar-refractivity contribution in [3.8, 4) is 0 Å². The van der Waals surface area contributed by atoms with Gasteiger partial charge in [-0.2, -0.15) is 0 Å². The molecule has 0 aromatic rings. The maximum absolute atomic E-state index is 2.52. The zero-order valence-electron chi connectivity index (χ0n) is 10.5. The highest BCUT2D eigenvalue weighted by Crippen LogP contribution is 2.42. The van der Waals surface area contributed by atoms with Gasteiger partial charge in [0, 0.05) is 0 Å². The van der Waals surface area contributed by atoms with E-state index in [1.54, 1.807) is 16.7 Å². The highest BCUT2D eigenvalue weighted by molar-refractivity contribution is 5.41. The highest BCUT2D eigenvalue weighted by Gasteiger charge is 2.26. The van der Waals surface area contributed by atoms with Crippen LogP contribution in [0, 0.1) is 11.8 Å². The zero-order chi connectivity index (χ0) is 10.8. The number of unbranched alkanes of at least 4 members (excludes halogenated alkanes) is 1. The molecule has 0 amide bonds. The van der Waals surface area contributed by atoms with E-state index in [1.807, 2.05) is 0 Å². The molecule has 0 heteroatoms. The molecule has 0 heterocycles. The molecular weight excluding hydrogens is 180 g/mol.